The molecule has 0 saturated heterocycles. The lowest BCUT2D eigenvalue weighted by atomic mass is 10.1. The fourth-order valence-electron chi connectivity index (χ4n) is 1.51. The van der Waals surface area contributed by atoms with Gasteiger partial charge in [-0.25, -0.2) is 4.68 Å². The van der Waals surface area contributed by atoms with E-state index in [0.29, 0.717) is 5.92 Å². The summed E-state index contributed by atoms with van der Waals surface area (Å²) < 4.78 is 7.00. The predicted molar refractivity (Wildman–Crippen MR) is 64.2 cm³/mol. The number of hydrogen-bond donors (Lipinski definition) is 0. The van der Waals surface area contributed by atoms with E-state index in [9.17, 15) is 0 Å². The minimum Gasteiger partial charge on any atom is -0.497 e. The van der Waals surface area contributed by atoms with Crippen molar-refractivity contribution in [2.24, 2.45) is 0 Å². The average molecular weight is 216 g/mol. The number of aromatic nitrogens is 2. The van der Waals surface area contributed by atoms with E-state index >= 15 is 0 Å². The smallest absolute Gasteiger partial charge is 0.119 e. The molecule has 0 bridgehead atoms. The standard InChI is InChI=1S/C13H16N2O/c1-10(2)11-8-14-15(9-11)12-4-6-13(16-3)7-5-12/h4-10H,1-3H3. The highest BCUT2D eigenvalue weighted by Crippen LogP contribution is 2.17. The fourth-order valence-corrected chi connectivity index (χ4v) is 1.51. The third-order valence-corrected chi connectivity index (χ3v) is 2.61. The Hall–Kier alpha value is -1.77. The average Bonchev–Trinajstić information content (AvgIpc) is 2.78. The van der Waals surface area contributed by atoms with Gasteiger partial charge in [-0.1, -0.05) is 13.8 Å². The first-order chi connectivity index (χ1) is 7.70. The van der Waals surface area contributed by atoms with E-state index in [4.69, 9.17) is 4.74 Å². The van der Waals surface area contributed by atoms with Crippen molar-refractivity contribution in [2.45, 2.75) is 19.8 Å². The van der Waals surface area contributed by atoms with Gasteiger partial charge >= 0.3 is 0 Å². The molecule has 0 aliphatic rings. The lowest BCUT2D eigenvalue weighted by molar-refractivity contribution is 0.414. The van der Waals surface area contributed by atoms with Gasteiger partial charge in [-0.15, -0.1) is 0 Å². The van der Waals surface area contributed by atoms with Gasteiger partial charge in [0.15, 0.2) is 0 Å². The normalized spacial score (nSPS) is 10.8. The van der Waals surface area contributed by atoms with Crippen LogP contribution >= 0.6 is 0 Å². The van der Waals surface area contributed by atoms with Gasteiger partial charge in [-0.2, -0.15) is 5.10 Å². The van der Waals surface area contributed by atoms with Gasteiger partial charge in [0.05, 0.1) is 19.0 Å². The van der Waals surface area contributed by atoms with Crippen molar-refractivity contribution in [3.63, 3.8) is 0 Å². The number of hydrogen-bond acceptors (Lipinski definition) is 2. The second kappa shape index (κ2) is 4.39. The Kier molecular flexibility index (Phi) is 2.95. The Morgan fingerprint density at radius 1 is 1.19 bits per heavy atom. The molecule has 0 amide bonds. The van der Waals surface area contributed by atoms with E-state index in [-0.39, 0.29) is 0 Å². The quantitative estimate of drug-likeness (QED) is 0.788. The highest BCUT2D eigenvalue weighted by atomic mass is 16.5. The zero-order valence-corrected chi connectivity index (χ0v) is 9.84. The second-order valence-corrected chi connectivity index (χ2v) is 4.07. The lowest BCUT2D eigenvalue weighted by Gasteiger charge is -2.03. The number of nitrogens with zero attached hydrogens (tertiary/aromatic N) is 2. The van der Waals surface area contributed by atoms with Crippen LogP contribution in [0, 0.1) is 0 Å². The molecule has 3 nitrogen and oxygen atoms in total. The van der Waals surface area contributed by atoms with Crippen LogP contribution in [0.2, 0.25) is 0 Å². The molecule has 0 N–H and O–H groups in total. The van der Waals surface area contributed by atoms with Crippen molar-refractivity contribution in [2.75, 3.05) is 7.11 Å². The maximum absolute atomic E-state index is 5.12. The van der Waals surface area contributed by atoms with Crippen LogP contribution in [0.25, 0.3) is 5.69 Å². The van der Waals surface area contributed by atoms with Crippen LogP contribution in [0.3, 0.4) is 0 Å². The van der Waals surface area contributed by atoms with Gasteiger partial charge in [0.1, 0.15) is 5.75 Å². The predicted octanol–water partition coefficient (Wildman–Crippen LogP) is 3.00. The molecular weight excluding hydrogens is 200 g/mol. The Bertz CT molecular complexity index is 457. The number of benzene rings is 1. The maximum atomic E-state index is 5.12. The van der Waals surface area contributed by atoms with Crippen molar-refractivity contribution in [1.29, 1.82) is 0 Å². The number of ether oxygens (including phenoxy) is 1. The van der Waals surface area contributed by atoms with Gasteiger partial charge in [0.2, 0.25) is 0 Å². The minimum absolute atomic E-state index is 0.506. The molecule has 1 aromatic carbocycles. The first-order valence-corrected chi connectivity index (χ1v) is 5.39. The maximum Gasteiger partial charge on any atom is 0.119 e. The summed E-state index contributed by atoms with van der Waals surface area (Å²) in [5.74, 6) is 1.37. The molecule has 2 aromatic rings. The van der Waals surface area contributed by atoms with Crippen LogP contribution in [0.15, 0.2) is 36.7 Å². The second-order valence-electron chi connectivity index (χ2n) is 4.07. The lowest BCUT2D eigenvalue weighted by Crippen LogP contribution is -1.94. The van der Waals surface area contributed by atoms with Crippen LogP contribution in [0.1, 0.15) is 25.3 Å². The highest BCUT2D eigenvalue weighted by molar-refractivity contribution is 5.37. The number of rotatable bonds is 3. The molecule has 0 atom stereocenters. The van der Waals surface area contributed by atoms with Crippen LogP contribution in [-0.2, 0) is 0 Å². The molecule has 2 rings (SSSR count). The SMILES string of the molecule is COc1ccc(-n2cc(C(C)C)cn2)cc1. The van der Waals surface area contributed by atoms with E-state index in [1.165, 1.54) is 5.56 Å². The van der Waals surface area contributed by atoms with Crippen LogP contribution in [0.5, 0.6) is 5.75 Å². The van der Waals surface area contributed by atoms with E-state index in [1.54, 1.807) is 7.11 Å². The monoisotopic (exact) mass is 216 g/mol. The summed E-state index contributed by atoms with van der Waals surface area (Å²) in [5.41, 5.74) is 2.29. The van der Waals surface area contributed by atoms with Crippen LogP contribution in [0.4, 0.5) is 0 Å². The minimum atomic E-state index is 0.506. The highest BCUT2D eigenvalue weighted by Gasteiger charge is 2.04. The fraction of sp³-hybridized carbons (Fsp3) is 0.308. The Morgan fingerprint density at radius 3 is 2.38 bits per heavy atom. The van der Waals surface area contributed by atoms with Crippen molar-refractivity contribution < 1.29 is 4.74 Å². The molecule has 16 heavy (non-hydrogen) atoms. The molecule has 0 aliphatic carbocycles. The Labute approximate surface area is 95.7 Å². The molecule has 0 saturated carbocycles. The van der Waals surface area contributed by atoms with Gasteiger partial charge in [0, 0.05) is 6.20 Å². The van der Waals surface area contributed by atoms with Gasteiger partial charge < -0.3 is 4.74 Å². The molecule has 0 radical (unpaired) electrons. The summed E-state index contributed by atoms with van der Waals surface area (Å²) in [5, 5.41) is 4.34. The summed E-state index contributed by atoms with van der Waals surface area (Å²) in [4.78, 5) is 0. The van der Waals surface area contributed by atoms with Crippen LogP contribution in [-0.4, -0.2) is 16.9 Å². The zero-order valence-electron chi connectivity index (χ0n) is 9.84. The Balaban J connectivity index is 2.28. The molecule has 1 heterocycles. The van der Waals surface area contributed by atoms with Crippen molar-refractivity contribution in [3.05, 3.63) is 42.2 Å². The topological polar surface area (TPSA) is 27.1 Å². The molecule has 3 heteroatoms. The van der Waals surface area contributed by atoms with Gasteiger partial charge in [-0.3, -0.25) is 0 Å². The molecule has 0 fully saturated rings. The van der Waals surface area contributed by atoms with Crippen LogP contribution < -0.4 is 4.74 Å². The molecule has 0 aliphatic heterocycles. The van der Waals surface area contributed by atoms with E-state index in [1.807, 2.05) is 35.1 Å². The van der Waals surface area contributed by atoms with Gasteiger partial charge in [0.25, 0.3) is 0 Å². The first kappa shape index (κ1) is 10.7. The van der Waals surface area contributed by atoms with Crippen molar-refractivity contribution in [3.8, 4) is 11.4 Å². The largest absolute Gasteiger partial charge is 0.497 e. The van der Waals surface area contributed by atoms with Gasteiger partial charge in [-0.05, 0) is 35.7 Å². The molecule has 84 valence electrons. The summed E-state index contributed by atoms with van der Waals surface area (Å²) in [6.45, 7) is 4.32. The summed E-state index contributed by atoms with van der Waals surface area (Å²) in [6, 6.07) is 7.87. The number of methoxy groups -OCH3 is 1. The summed E-state index contributed by atoms with van der Waals surface area (Å²) in [6.07, 6.45) is 3.97. The Morgan fingerprint density at radius 2 is 1.88 bits per heavy atom. The molecule has 0 unspecified atom stereocenters. The van der Waals surface area contributed by atoms with E-state index < -0.39 is 0 Å². The summed E-state index contributed by atoms with van der Waals surface area (Å²) >= 11 is 0. The van der Waals surface area contributed by atoms with E-state index in [2.05, 4.69) is 25.1 Å². The molecule has 1 aromatic heterocycles. The zero-order chi connectivity index (χ0) is 11.5. The third-order valence-electron chi connectivity index (χ3n) is 2.61. The van der Waals surface area contributed by atoms with Crippen molar-refractivity contribution >= 4 is 0 Å². The molecule has 0 spiro atoms. The summed E-state index contributed by atoms with van der Waals surface area (Å²) in [7, 11) is 1.67. The van der Waals surface area contributed by atoms with E-state index in [0.717, 1.165) is 11.4 Å². The third kappa shape index (κ3) is 2.08. The first-order valence-electron chi connectivity index (χ1n) is 5.39. The molecular formula is C13H16N2O. The van der Waals surface area contributed by atoms with Crippen molar-refractivity contribution in [1.82, 2.24) is 9.78 Å².